The van der Waals surface area contributed by atoms with Crippen molar-refractivity contribution in [3.8, 4) is 12.3 Å². The van der Waals surface area contributed by atoms with Gasteiger partial charge in [0, 0.05) is 5.92 Å². The smallest absolute Gasteiger partial charge is 0.0200 e. The van der Waals surface area contributed by atoms with E-state index in [9.17, 15) is 0 Å². The molecule has 0 heteroatoms. The number of rotatable bonds is 8. The Kier molecular flexibility index (Phi) is 8.43. The molecule has 2 saturated carbocycles. The molecule has 2 rings (SSSR count). The van der Waals surface area contributed by atoms with Gasteiger partial charge < -0.3 is 0 Å². The molecule has 0 radical (unpaired) electrons. The maximum absolute atomic E-state index is 5.55. The molecule has 0 unspecified atom stereocenters. The highest BCUT2D eigenvalue weighted by atomic mass is 14.3. The fraction of sp³-hybridized carbons (Fsp3) is 0.909. The van der Waals surface area contributed by atoms with Crippen LogP contribution in [0.4, 0.5) is 0 Å². The minimum Gasteiger partial charge on any atom is -0.120 e. The van der Waals surface area contributed by atoms with Gasteiger partial charge in [-0.25, -0.2) is 0 Å². The van der Waals surface area contributed by atoms with E-state index < -0.39 is 0 Å². The fourth-order valence-corrected chi connectivity index (χ4v) is 4.76. The Labute approximate surface area is 139 Å². The van der Waals surface area contributed by atoms with Crippen LogP contribution in [0.25, 0.3) is 0 Å². The molecule has 0 saturated heterocycles. The average molecular weight is 303 g/mol. The Morgan fingerprint density at radius 1 is 0.682 bits per heavy atom. The molecule has 0 nitrogen and oxygen atoms in total. The molecule has 22 heavy (non-hydrogen) atoms. The van der Waals surface area contributed by atoms with Gasteiger partial charge in [-0.05, 0) is 43.4 Å². The summed E-state index contributed by atoms with van der Waals surface area (Å²) < 4.78 is 0. The monoisotopic (exact) mass is 302 g/mol. The van der Waals surface area contributed by atoms with Gasteiger partial charge in [0.1, 0.15) is 0 Å². The van der Waals surface area contributed by atoms with Crippen LogP contribution in [0.5, 0.6) is 0 Å². The third-order valence-corrected chi connectivity index (χ3v) is 6.50. The van der Waals surface area contributed by atoms with Crippen LogP contribution in [0.2, 0.25) is 0 Å². The number of hydrogen-bond donors (Lipinski definition) is 0. The molecule has 0 atom stereocenters. The minimum absolute atomic E-state index is 0.597. The van der Waals surface area contributed by atoms with Crippen LogP contribution in [0, 0.1) is 36.0 Å². The molecular weight excluding hydrogens is 264 g/mol. The van der Waals surface area contributed by atoms with E-state index in [1.54, 1.807) is 0 Å². The third-order valence-electron chi connectivity index (χ3n) is 6.50. The fourth-order valence-electron chi connectivity index (χ4n) is 4.76. The Morgan fingerprint density at radius 3 is 1.68 bits per heavy atom. The van der Waals surface area contributed by atoms with Crippen molar-refractivity contribution in [2.45, 2.75) is 103 Å². The zero-order valence-corrected chi connectivity index (χ0v) is 15.0. The second-order valence-electron chi connectivity index (χ2n) is 8.20. The molecule has 0 spiro atoms. The zero-order chi connectivity index (χ0) is 15.6. The Hall–Kier alpha value is -0.440. The quantitative estimate of drug-likeness (QED) is 0.335. The highest BCUT2D eigenvalue weighted by molar-refractivity contribution is 4.95. The summed E-state index contributed by atoms with van der Waals surface area (Å²) in [5, 5.41) is 0. The largest absolute Gasteiger partial charge is 0.120 e. The summed E-state index contributed by atoms with van der Waals surface area (Å²) in [7, 11) is 0. The topological polar surface area (TPSA) is 0 Å². The molecule has 2 fully saturated rings. The lowest BCUT2D eigenvalue weighted by Gasteiger charge is -2.31. The number of unbranched alkanes of at least 4 members (excludes halogenated alkanes) is 3. The van der Waals surface area contributed by atoms with Gasteiger partial charge in [-0.3, -0.25) is 0 Å². The van der Waals surface area contributed by atoms with Crippen LogP contribution < -0.4 is 0 Å². The van der Waals surface area contributed by atoms with Crippen molar-refractivity contribution in [1.29, 1.82) is 0 Å². The van der Waals surface area contributed by atoms with E-state index in [0.717, 1.165) is 17.8 Å². The summed E-state index contributed by atoms with van der Waals surface area (Å²) in [6.07, 6.45) is 27.3. The molecule has 126 valence electrons. The average Bonchev–Trinajstić information content (AvgIpc) is 2.58. The van der Waals surface area contributed by atoms with Gasteiger partial charge in [-0.1, -0.05) is 77.6 Å². The summed E-state index contributed by atoms with van der Waals surface area (Å²) in [5.74, 6) is 6.67. The lowest BCUT2D eigenvalue weighted by Crippen LogP contribution is -2.17. The number of hydrogen-bond acceptors (Lipinski definition) is 0. The maximum atomic E-state index is 5.55. The third kappa shape index (κ3) is 6.36. The summed E-state index contributed by atoms with van der Waals surface area (Å²) in [6.45, 7) is 2.31. The van der Waals surface area contributed by atoms with Crippen molar-refractivity contribution < 1.29 is 0 Å². The van der Waals surface area contributed by atoms with E-state index in [1.165, 1.54) is 96.3 Å². The molecule has 2 aliphatic rings. The molecular formula is C22H38. The summed E-state index contributed by atoms with van der Waals surface area (Å²) in [5.41, 5.74) is 0. The molecule has 0 bridgehead atoms. The van der Waals surface area contributed by atoms with Crippen LogP contribution >= 0.6 is 0 Å². The van der Waals surface area contributed by atoms with Gasteiger partial charge in [-0.15, -0.1) is 12.3 Å². The Bertz CT molecular complexity index is 307. The van der Waals surface area contributed by atoms with Crippen LogP contribution in [0.15, 0.2) is 0 Å². The van der Waals surface area contributed by atoms with E-state index in [1.807, 2.05) is 0 Å². The zero-order valence-electron chi connectivity index (χ0n) is 15.0. The second-order valence-corrected chi connectivity index (χ2v) is 8.20. The molecule has 0 aliphatic heterocycles. The molecule has 0 amide bonds. The van der Waals surface area contributed by atoms with Gasteiger partial charge in [0.15, 0.2) is 0 Å². The van der Waals surface area contributed by atoms with Crippen molar-refractivity contribution in [3.63, 3.8) is 0 Å². The highest BCUT2D eigenvalue weighted by Gasteiger charge is 2.24. The Morgan fingerprint density at radius 2 is 1.18 bits per heavy atom. The molecule has 0 aromatic rings. The van der Waals surface area contributed by atoms with Crippen LogP contribution in [-0.4, -0.2) is 0 Å². The van der Waals surface area contributed by atoms with E-state index in [4.69, 9.17) is 6.42 Å². The van der Waals surface area contributed by atoms with Crippen LogP contribution in [0.1, 0.15) is 103 Å². The first-order valence-electron chi connectivity index (χ1n) is 10.3. The van der Waals surface area contributed by atoms with Crippen molar-refractivity contribution in [1.82, 2.24) is 0 Å². The normalized spacial score (nSPS) is 32.5. The van der Waals surface area contributed by atoms with Crippen LogP contribution in [-0.2, 0) is 0 Å². The predicted octanol–water partition coefficient (Wildman–Crippen LogP) is 6.98. The standard InChI is InChI=1S/C22H38/c1-3-5-6-7-8-20-13-15-22(16-14-20)18-17-21-11-9-19(4-2)10-12-21/h2,19-22H,3,5-18H2,1H3. The second kappa shape index (κ2) is 10.4. The van der Waals surface area contributed by atoms with E-state index in [-0.39, 0.29) is 0 Å². The van der Waals surface area contributed by atoms with Gasteiger partial charge in [0.2, 0.25) is 0 Å². The van der Waals surface area contributed by atoms with Gasteiger partial charge in [0.25, 0.3) is 0 Å². The van der Waals surface area contributed by atoms with Crippen molar-refractivity contribution in [2.24, 2.45) is 23.7 Å². The van der Waals surface area contributed by atoms with E-state index in [2.05, 4.69) is 12.8 Å². The molecule has 2 aliphatic carbocycles. The first-order chi connectivity index (χ1) is 10.8. The Balaban J connectivity index is 1.52. The minimum atomic E-state index is 0.597. The lowest BCUT2D eigenvalue weighted by atomic mass is 9.75. The van der Waals surface area contributed by atoms with Crippen molar-refractivity contribution >= 4 is 0 Å². The molecule has 0 heterocycles. The summed E-state index contributed by atoms with van der Waals surface area (Å²) in [6, 6.07) is 0. The van der Waals surface area contributed by atoms with E-state index >= 15 is 0 Å². The summed E-state index contributed by atoms with van der Waals surface area (Å²) in [4.78, 5) is 0. The van der Waals surface area contributed by atoms with Gasteiger partial charge in [-0.2, -0.15) is 0 Å². The molecule has 0 aromatic heterocycles. The SMILES string of the molecule is C#CC1CCC(CCC2CCC(CCCCCC)CC2)CC1. The molecule has 0 N–H and O–H groups in total. The highest BCUT2D eigenvalue weighted by Crippen LogP contribution is 2.37. The van der Waals surface area contributed by atoms with Crippen LogP contribution in [0.3, 0.4) is 0 Å². The lowest BCUT2D eigenvalue weighted by molar-refractivity contribution is 0.220. The van der Waals surface area contributed by atoms with Crippen molar-refractivity contribution in [3.05, 3.63) is 0 Å². The summed E-state index contributed by atoms with van der Waals surface area (Å²) >= 11 is 0. The van der Waals surface area contributed by atoms with Gasteiger partial charge in [0.05, 0.1) is 0 Å². The number of terminal acetylenes is 1. The first-order valence-corrected chi connectivity index (χ1v) is 10.3. The predicted molar refractivity (Wildman–Crippen MR) is 97.7 cm³/mol. The first kappa shape index (κ1) is 17.9. The van der Waals surface area contributed by atoms with Gasteiger partial charge >= 0.3 is 0 Å². The maximum Gasteiger partial charge on any atom is 0.0200 e. The van der Waals surface area contributed by atoms with Crippen molar-refractivity contribution in [2.75, 3.05) is 0 Å². The molecule has 0 aromatic carbocycles. The van der Waals surface area contributed by atoms with E-state index in [0.29, 0.717) is 5.92 Å².